The van der Waals surface area contributed by atoms with Gasteiger partial charge in [0.2, 0.25) is 21.8 Å². The number of sulfonamides is 1. The molecule has 0 unspecified atom stereocenters. The number of anilines is 1. The van der Waals surface area contributed by atoms with Gasteiger partial charge in [-0.3, -0.25) is 13.9 Å². The van der Waals surface area contributed by atoms with E-state index in [1.807, 2.05) is 44.2 Å². The molecule has 196 valence electrons. The first-order chi connectivity index (χ1) is 17.6. The number of carbonyl (C=O) groups is 2. The van der Waals surface area contributed by atoms with Gasteiger partial charge in [0.25, 0.3) is 0 Å². The molecule has 37 heavy (non-hydrogen) atoms. The average Bonchev–Trinajstić information content (AvgIpc) is 2.86. The Hall–Kier alpha value is -3.36. The van der Waals surface area contributed by atoms with Crippen LogP contribution in [-0.4, -0.2) is 50.5 Å². The van der Waals surface area contributed by atoms with Crippen molar-refractivity contribution in [1.29, 1.82) is 0 Å². The molecule has 0 saturated heterocycles. The molecule has 3 aromatic carbocycles. The lowest BCUT2D eigenvalue weighted by Gasteiger charge is -2.33. The lowest BCUT2D eigenvalue weighted by atomic mass is 10.0. The van der Waals surface area contributed by atoms with Crippen LogP contribution in [-0.2, 0) is 32.6 Å². The molecular weight excluding hydrogens is 510 g/mol. The largest absolute Gasteiger partial charge is 0.355 e. The Balaban J connectivity index is 2.02. The van der Waals surface area contributed by atoms with Crippen molar-refractivity contribution < 1.29 is 18.0 Å². The van der Waals surface area contributed by atoms with Crippen molar-refractivity contribution in [2.24, 2.45) is 0 Å². The maximum atomic E-state index is 13.9. The summed E-state index contributed by atoms with van der Waals surface area (Å²) in [6, 6.07) is 22.5. The molecule has 3 rings (SSSR count). The summed E-state index contributed by atoms with van der Waals surface area (Å²) in [5.74, 6) is -0.803. The second-order valence-corrected chi connectivity index (χ2v) is 11.2. The number of likely N-dealkylation sites (N-methyl/N-ethyl adjacent to an activating group) is 1. The molecule has 0 aromatic heterocycles. The number of hydrogen-bond donors (Lipinski definition) is 1. The van der Waals surface area contributed by atoms with Gasteiger partial charge in [-0.05, 0) is 49.2 Å². The van der Waals surface area contributed by atoms with Crippen LogP contribution in [0.25, 0.3) is 0 Å². The highest BCUT2D eigenvalue weighted by molar-refractivity contribution is 7.92. The minimum absolute atomic E-state index is 0.107. The highest BCUT2D eigenvalue weighted by atomic mass is 35.5. The van der Waals surface area contributed by atoms with E-state index in [4.69, 9.17) is 11.6 Å². The second-order valence-electron chi connectivity index (χ2n) is 8.85. The number of carbonyl (C=O) groups excluding carboxylic acids is 2. The van der Waals surface area contributed by atoms with Crippen LogP contribution in [0.4, 0.5) is 5.69 Å². The highest BCUT2D eigenvalue weighted by Gasteiger charge is 2.32. The van der Waals surface area contributed by atoms with Crippen LogP contribution in [0.3, 0.4) is 0 Å². The summed E-state index contributed by atoms with van der Waals surface area (Å²) in [6.45, 7) is 3.77. The number of halogens is 1. The fourth-order valence-corrected chi connectivity index (χ4v) is 4.93. The molecule has 0 fully saturated rings. The lowest BCUT2D eigenvalue weighted by Crippen LogP contribution is -2.53. The fraction of sp³-hybridized carbons (Fsp3) is 0.286. The standard InChI is InChI=1S/C28H32ClN3O4S/c1-4-30-28(34)26(18-22-8-6-5-7-9-22)31(19-23-12-14-24(29)15-13-23)27(33)20-32(37(3,35)36)25-16-10-21(2)11-17-25/h5-17,26H,4,18-20H2,1-3H3,(H,30,34)/t26-/m0/s1. The van der Waals surface area contributed by atoms with Crippen LogP contribution < -0.4 is 9.62 Å². The van der Waals surface area contributed by atoms with Gasteiger partial charge in [-0.1, -0.05) is 71.8 Å². The van der Waals surface area contributed by atoms with E-state index in [9.17, 15) is 18.0 Å². The number of rotatable bonds is 11. The molecule has 2 amide bonds. The summed E-state index contributed by atoms with van der Waals surface area (Å²) < 4.78 is 26.5. The quantitative estimate of drug-likeness (QED) is 0.394. The molecule has 0 heterocycles. The summed E-state index contributed by atoms with van der Waals surface area (Å²) >= 11 is 6.05. The molecule has 0 aliphatic heterocycles. The predicted octanol–water partition coefficient (Wildman–Crippen LogP) is 4.19. The molecular formula is C28H32ClN3O4S. The van der Waals surface area contributed by atoms with Gasteiger partial charge in [0.1, 0.15) is 12.6 Å². The van der Waals surface area contributed by atoms with Crippen LogP contribution >= 0.6 is 11.6 Å². The van der Waals surface area contributed by atoms with Crippen LogP contribution in [0.15, 0.2) is 78.9 Å². The van der Waals surface area contributed by atoms with Crippen LogP contribution in [0.1, 0.15) is 23.6 Å². The maximum Gasteiger partial charge on any atom is 0.244 e. The van der Waals surface area contributed by atoms with E-state index in [2.05, 4.69) is 5.32 Å². The Kier molecular flexibility index (Phi) is 9.72. The van der Waals surface area contributed by atoms with E-state index >= 15 is 0 Å². The molecule has 0 bridgehead atoms. The normalized spacial score (nSPS) is 12.0. The first kappa shape index (κ1) is 28.2. The number of benzene rings is 3. The van der Waals surface area contributed by atoms with E-state index in [-0.39, 0.29) is 18.9 Å². The third-order valence-electron chi connectivity index (χ3n) is 5.89. The van der Waals surface area contributed by atoms with Crippen molar-refractivity contribution in [2.75, 3.05) is 23.7 Å². The zero-order chi connectivity index (χ0) is 27.0. The van der Waals surface area contributed by atoms with Crippen molar-refractivity contribution in [3.05, 3.63) is 101 Å². The zero-order valence-corrected chi connectivity index (χ0v) is 22.8. The second kappa shape index (κ2) is 12.7. The van der Waals surface area contributed by atoms with Gasteiger partial charge < -0.3 is 10.2 Å². The number of amides is 2. The van der Waals surface area contributed by atoms with Crippen molar-refractivity contribution in [2.45, 2.75) is 32.9 Å². The van der Waals surface area contributed by atoms with Gasteiger partial charge >= 0.3 is 0 Å². The van der Waals surface area contributed by atoms with Crippen molar-refractivity contribution in [3.8, 4) is 0 Å². The summed E-state index contributed by atoms with van der Waals surface area (Å²) in [4.78, 5) is 28.6. The Labute approximate surface area is 224 Å². The summed E-state index contributed by atoms with van der Waals surface area (Å²) in [6.07, 6.45) is 1.34. The van der Waals surface area contributed by atoms with Gasteiger partial charge in [0.15, 0.2) is 0 Å². The Bertz CT molecular complexity index is 1300. The monoisotopic (exact) mass is 541 g/mol. The van der Waals surface area contributed by atoms with Crippen molar-refractivity contribution >= 4 is 39.1 Å². The van der Waals surface area contributed by atoms with Crippen molar-refractivity contribution in [1.82, 2.24) is 10.2 Å². The van der Waals surface area contributed by atoms with Gasteiger partial charge in [-0.15, -0.1) is 0 Å². The predicted molar refractivity (Wildman–Crippen MR) is 148 cm³/mol. The van der Waals surface area contributed by atoms with E-state index in [1.165, 1.54) is 4.90 Å². The molecule has 0 saturated carbocycles. The molecule has 7 nitrogen and oxygen atoms in total. The maximum absolute atomic E-state index is 13.9. The van der Waals surface area contributed by atoms with Gasteiger partial charge in [0.05, 0.1) is 11.9 Å². The van der Waals surface area contributed by atoms with Gasteiger partial charge in [0, 0.05) is 24.5 Å². The van der Waals surface area contributed by atoms with E-state index in [1.54, 1.807) is 48.5 Å². The first-order valence-corrected chi connectivity index (χ1v) is 14.2. The molecule has 0 radical (unpaired) electrons. The number of aryl methyl sites for hydroxylation is 1. The summed E-state index contributed by atoms with van der Waals surface area (Å²) in [5, 5.41) is 3.38. The molecule has 1 N–H and O–H groups in total. The van der Waals surface area contributed by atoms with Gasteiger partial charge in [-0.2, -0.15) is 0 Å². The highest BCUT2D eigenvalue weighted by Crippen LogP contribution is 2.21. The Morgan fingerprint density at radius 3 is 2.11 bits per heavy atom. The molecule has 0 aliphatic rings. The first-order valence-electron chi connectivity index (χ1n) is 12.0. The van der Waals surface area contributed by atoms with E-state index < -0.39 is 28.5 Å². The molecule has 9 heteroatoms. The minimum Gasteiger partial charge on any atom is -0.355 e. The number of nitrogens with zero attached hydrogens (tertiary/aromatic N) is 2. The SMILES string of the molecule is CCNC(=O)[C@H](Cc1ccccc1)N(Cc1ccc(Cl)cc1)C(=O)CN(c1ccc(C)cc1)S(C)(=O)=O. The number of hydrogen-bond acceptors (Lipinski definition) is 4. The third kappa shape index (κ3) is 8.06. The minimum atomic E-state index is -3.79. The van der Waals surface area contributed by atoms with Crippen LogP contribution in [0, 0.1) is 6.92 Å². The fourth-order valence-electron chi connectivity index (χ4n) is 3.96. The molecule has 0 aliphatic carbocycles. The summed E-state index contributed by atoms with van der Waals surface area (Å²) in [7, 11) is -3.79. The molecule has 0 spiro atoms. The average molecular weight is 542 g/mol. The van der Waals surface area contributed by atoms with Crippen LogP contribution in [0.2, 0.25) is 5.02 Å². The van der Waals surface area contributed by atoms with Crippen LogP contribution in [0.5, 0.6) is 0 Å². The third-order valence-corrected chi connectivity index (χ3v) is 7.28. The van der Waals surface area contributed by atoms with Crippen molar-refractivity contribution in [3.63, 3.8) is 0 Å². The topological polar surface area (TPSA) is 86.8 Å². The lowest BCUT2D eigenvalue weighted by molar-refractivity contribution is -0.140. The molecule has 1 atom stereocenters. The smallest absolute Gasteiger partial charge is 0.244 e. The van der Waals surface area contributed by atoms with E-state index in [0.717, 1.165) is 27.3 Å². The number of nitrogens with one attached hydrogen (secondary N) is 1. The Morgan fingerprint density at radius 2 is 1.54 bits per heavy atom. The molecule has 3 aromatic rings. The van der Waals surface area contributed by atoms with E-state index in [0.29, 0.717) is 17.3 Å². The van der Waals surface area contributed by atoms with Gasteiger partial charge in [-0.25, -0.2) is 8.42 Å². The zero-order valence-electron chi connectivity index (χ0n) is 21.2. The Morgan fingerprint density at radius 1 is 0.919 bits per heavy atom. The summed E-state index contributed by atoms with van der Waals surface area (Å²) in [5.41, 5.74) is 2.99.